The van der Waals surface area contributed by atoms with Crippen LogP contribution in [0.25, 0.3) is 22.8 Å². The normalized spacial score (nSPS) is 10.5. The zero-order valence-corrected chi connectivity index (χ0v) is 24.4. The van der Waals surface area contributed by atoms with Crippen LogP contribution in [0.15, 0.2) is 91.6 Å². The average molecular weight is 755 g/mol. The summed E-state index contributed by atoms with van der Waals surface area (Å²) in [4.78, 5) is 3.87. The molecule has 0 spiro atoms. The molecule has 13 heteroatoms. The second-order valence-electron chi connectivity index (χ2n) is 8.37. The molecule has 0 atom stereocenters. The monoisotopic (exact) mass is 755 g/mol. The maximum absolute atomic E-state index is 12.8. The maximum Gasteiger partial charge on any atom is 0.431 e. The van der Waals surface area contributed by atoms with E-state index in [0.717, 1.165) is 6.07 Å². The molecule has 6 aromatic rings. The molecule has 4 heterocycles. The summed E-state index contributed by atoms with van der Waals surface area (Å²) in [6.45, 7) is 0. The number of benzene rings is 2. The minimum atomic E-state index is -4.46. The molecule has 0 aliphatic carbocycles. The van der Waals surface area contributed by atoms with E-state index in [2.05, 4.69) is 40.0 Å². The van der Waals surface area contributed by atoms with E-state index in [-0.39, 0.29) is 37.4 Å². The number of imidazole rings is 2. The van der Waals surface area contributed by atoms with Crippen LogP contribution in [0, 0.1) is 36.4 Å². The summed E-state index contributed by atoms with van der Waals surface area (Å²) < 4.78 is 69.1. The Labute approximate surface area is 251 Å². The maximum atomic E-state index is 12.8. The predicted molar refractivity (Wildman–Crippen MR) is 135 cm³/mol. The molecule has 0 N–H and O–H groups in total. The van der Waals surface area contributed by atoms with Crippen LogP contribution in [0.4, 0.5) is 22.0 Å². The molecule has 0 saturated heterocycles. The molecule has 4 aromatic heterocycles. The van der Waals surface area contributed by atoms with Gasteiger partial charge in [-0.15, -0.1) is 24.3 Å². The van der Waals surface area contributed by atoms with Gasteiger partial charge >= 0.3 is 6.18 Å². The second-order valence-corrected chi connectivity index (χ2v) is 8.37. The number of halogens is 5. The number of rotatable bonds is 3. The minimum absolute atomic E-state index is 0. The fraction of sp³-hybridized carbons (Fsp3) is 0.103. The smallest absolute Gasteiger partial charge is 0.431 e. The molecule has 7 nitrogen and oxygen atoms in total. The Bertz CT molecular complexity index is 1610. The third kappa shape index (κ3) is 9.01. The Morgan fingerprint density at radius 1 is 0.810 bits per heavy atom. The Kier molecular flexibility index (Phi) is 11.0. The number of alkyl halides is 3. The summed E-state index contributed by atoms with van der Waals surface area (Å²) in [7, 11) is 3.71. The van der Waals surface area contributed by atoms with Gasteiger partial charge in [0.25, 0.3) is 0 Å². The fourth-order valence-corrected chi connectivity index (χ4v) is 3.28. The van der Waals surface area contributed by atoms with Crippen molar-refractivity contribution in [3.8, 4) is 22.8 Å². The quantitative estimate of drug-likeness (QED) is 0.155. The van der Waals surface area contributed by atoms with E-state index in [1.807, 2.05) is 26.5 Å². The predicted octanol–water partition coefficient (Wildman–Crippen LogP) is 4.20. The van der Waals surface area contributed by atoms with Gasteiger partial charge in [-0.1, -0.05) is 23.1 Å². The van der Waals surface area contributed by atoms with Crippen LogP contribution in [0.1, 0.15) is 5.69 Å². The van der Waals surface area contributed by atoms with E-state index < -0.39 is 11.9 Å². The number of hydrogen-bond donors (Lipinski definition) is 0. The zero-order valence-electron chi connectivity index (χ0n) is 22.0. The van der Waals surface area contributed by atoms with Gasteiger partial charge in [-0.25, -0.2) is 8.78 Å². The Balaban J connectivity index is 0.000000171. The van der Waals surface area contributed by atoms with Crippen LogP contribution in [-0.4, -0.2) is 19.2 Å². The van der Waals surface area contributed by atoms with Gasteiger partial charge in [0.15, 0.2) is 0 Å². The van der Waals surface area contributed by atoms with E-state index in [9.17, 15) is 22.0 Å². The topological polar surface area (TPSA) is 57.5 Å². The van der Waals surface area contributed by atoms with Crippen molar-refractivity contribution in [3.63, 3.8) is 0 Å². The largest absolute Gasteiger partial charge is 0.573 e. The van der Waals surface area contributed by atoms with Crippen LogP contribution in [-0.2, 0) is 40.4 Å². The fourth-order valence-electron chi connectivity index (χ4n) is 3.28. The van der Waals surface area contributed by atoms with Crippen molar-refractivity contribution in [2.24, 2.45) is 14.1 Å². The summed E-state index contributed by atoms with van der Waals surface area (Å²) in [6.07, 6.45) is 10.2. The molecule has 1 radical (unpaired) electrons. The summed E-state index contributed by atoms with van der Waals surface area (Å²) in [6, 6.07) is 20.3. The second kappa shape index (κ2) is 14.4. The third-order valence-corrected chi connectivity index (χ3v) is 5.18. The first kappa shape index (κ1) is 32.0. The van der Waals surface area contributed by atoms with E-state index in [1.54, 1.807) is 61.0 Å². The molecule has 219 valence electrons. The van der Waals surface area contributed by atoms with Gasteiger partial charge in [0.05, 0.1) is 14.1 Å². The number of pyridine rings is 1. The molecule has 0 unspecified atom stereocenters. The molecule has 2 aromatic carbocycles. The third-order valence-electron chi connectivity index (χ3n) is 5.18. The number of hydrogen-bond acceptors (Lipinski definition) is 2. The Morgan fingerprint density at radius 2 is 1.36 bits per heavy atom. The van der Waals surface area contributed by atoms with Crippen LogP contribution in [0.2, 0.25) is 0 Å². The molecule has 0 saturated carbocycles. The first-order chi connectivity index (χ1) is 19.6. The van der Waals surface area contributed by atoms with Crippen molar-refractivity contribution in [3.05, 3.63) is 134 Å². The summed E-state index contributed by atoms with van der Waals surface area (Å²) >= 11 is 0. The van der Waals surface area contributed by atoms with Crippen LogP contribution < -0.4 is 14.2 Å². The van der Waals surface area contributed by atoms with Crippen LogP contribution in [0.5, 0.6) is 0 Å². The van der Waals surface area contributed by atoms with E-state index in [4.69, 9.17) is 0 Å². The molecular weight excluding hydrogens is 734 g/mol. The summed E-state index contributed by atoms with van der Waals surface area (Å²) in [5.74, 6) is -0.531. The molecule has 0 fully saturated rings. The van der Waals surface area contributed by atoms with Crippen molar-refractivity contribution in [1.82, 2.24) is 24.3 Å². The molecule has 6 rings (SSSR count). The van der Waals surface area contributed by atoms with Gasteiger partial charge in [0, 0.05) is 68.4 Å². The van der Waals surface area contributed by atoms with E-state index in [0.29, 0.717) is 17.1 Å². The van der Waals surface area contributed by atoms with Gasteiger partial charge in [0.1, 0.15) is 5.69 Å². The molecule has 0 aliphatic rings. The Hall–Kier alpha value is -4.48. The van der Waals surface area contributed by atoms with Gasteiger partial charge in [0.2, 0.25) is 12.7 Å². The van der Waals surface area contributed by atoms with Gasteiger partial charge in [-0.3, -0.25) is 4.98 Å². The zero-order chi connectivity index (χ0) is 29.4. The minimum Gasteiger partial charge on any atom is -0.573 e. The number of nitrogens with zero attached hydrogens (tertiary/aromatic N) is 7. The van der Waals surface area contributed by atoms with Crippen molar-refractivity contribution in [1.29, 1.82) is 0 Å². The summed E-state index contributed by atoms with van der Waals surface area (Å²) in [5.41, 5.74) is 0.813. The van der Waals surface area contributed by atoms with E-state index in [1.165, 1.54) is 30.5 Å². The SMILES string of the molecule is C[n+]1[c-]n(-c2[c-]ccc(F)c2)cc1.C[n+]1[c-]n(-c2[c-]ccc(F)c2)cc1.FC(F)(F)c1cc(-c2ccccn2)[n-]n1.[Ir]. The van der Waals surface area contributed by atoms with Crippen molar-refractivity contribution in [2.75, 3.05) is 0 Å². The van der Waals surface area contributed by atoms with Crippen molar-refractivity contribution in [2.45, 2.75) is 6.18 Å². The number of aryl methyl sites for hydroxylation is 2. The van der Waals surface area contributed by atoms with Crippen LogP contribution in [0.3, 0.4) is 0 Å². The average Bonchev–Trinajstić information content (AvgIpc) is 3.71. The van der Waals surface area contributed by atoms with E-state index >= 15 is 0 Å². The van der Waals surface area contributed by atoms with Gasteiger partial charge in [-0.05, 0) is 18.2 Å². The summed E-state index contributed by atoms with van der Waals surface area (Å²) in [5, 5.41) is 6.47. The van der Waals surface area contributed by atoms with Crippen molar-refractivity contribution < 1.29 is 51.2 Å². The molecule has 0 aliphatic heterocycles. The first-order valence-electron chi connectivity index (χ1n) is 11.9. The van der Waals surface area contributed by atoms with Crippen molar-refractivity contribution >= 4 is 0 Å². The molecule has 0 amide bonds. The molecule has 42 heavy (non-hydrogen) atoms. The standard InChI is InChI=1S/2C10H8FN2.C9H5F3N3.Ir/c2*1-12-5-6-13(8-12)10-4-2-3-9(11)7-10;10-9(11,12)8-5-7(14-15-8)6-3-1-2-4-13-6;/h2*2-3,5-7H,1H3;1-5H;/q3*-1;. The Morgan fingerprint density at radius 3 is 1.74 bits per heavy atom. The van der Waals surface area contributed by atoms with Gasteiger partial charge in [-0.2, -0.15) is 37.4 Å². The molecule has 0 bridgehead atoms. The molecular formula is C29H21F5IrN7-3. The van der Waals surface area contributed by atoms with Gasteiger partial charge < -0.3 is 28.5 Å². The van der Waals surface area contributed by atoms with Crippen LogP contribution >= 0.6 is 0 Å². The first-order valence-corrected chi connectivity index (χ1v) is 11.9. The number of aromatic nitrogens is 7.